The van der Waals surface area contributed by atoms with E-state index < -0.39 is 23.0 Å². The summed E-state index contributed by atoms with van der Waals surface area (Å²) in [7, 11) is -3.96. The molecular formula is C14H13ClF2N4O2S. The fourth-order valence-electron chi connectivity index (χ4n) is 2.39. The third kappa shape index (κ3) is 3.09. The van der Waals surface area contributed by atoms with Gasteiger partial charge in [-0.25, -0.2) is 17.2 Å². The van der Waals surface area contributed by atoms with Gasteiger partial charge in [-0.2, -0.15) is 5.10 Å². The predicted molar refractivity (Wildman–Crippen MR) is 87.1 cm³/mol. The molecule has 0 amide bonds. The highest BCUT2D eigenvalue weighted by atomic mass is 35.5. The average molecular weight is 375 g/mol. The molecule has 0 saturated heterocycles. The Hall–Kier alpha value is -2.13. The number of hydrogen-bond acceptors (Lipinski definition) is 3. The van der Waals surface area contributed by atoms with Crippen LogP contribution >= 0.6 is 11.6 Å². The number of nitrogens with zero attached hydrogens (tertiary/aromatic N) is 2. The van der Waals surface area contributed by atoms with Gasteiger partial charge in [-0.15, -0.1) is 0 Å². The van der Waals surface area contributed by atoms with Crippen molar-refractivity contribution < 1.29 is 17.2 Å². The van der Waals surface area contributed by atoms with Crippen LogP contribution in [0.3, 0.4) is 0 Å². The number of H-pyrrole nitrogens is 1. The summed E-state index contributed by atoms with van der Waals surface area (Å²) in [5, 5.41) is 4.83. The second-order valence-corrected chi connectivity index (χ2v) is 7.30. The summed E-state index contributed by atoms with van der Waals surface area (Å²) in [6.07, 6.45) is 1.03. The molecule has 24 heavy (non-hydrogen) atoms. The first kappa shape index (κ1) is 16.7. The molecule has 2 heterocycles. The second-order valence-electron chi connectivity index (χ2n) is 5.21. The minimum atomic E-state index is -3.96. The predicted octanol–water partition coefficient (Wildman–Crippen LogP) is 3.39. The van der Waals surface area contributed by atoms with Crippen LogP contribution in [0.15, 0.2) is 35.6 Å². The van der Waals surface area contributed by atoms with E-state index in [9.17, 15) is 17.2 Å². The molecule has 6 nitrogen and oxygen atoms in total. The molecule has 0 aliphatic heterocycles. The van der Waals surface area contributed by atoms with Crippen molar-refractivity contribution in [3.05, 3.63) is 41.3 Å². The van der Waals surface area contributed by atoms with Crippen LogP contribution in [0, 0.1) is 6.92 Å². The lowest BCUT2D eigenvalue weighted by Crippen LogP contribution is -2.13. The summed E-state index contributed by atoms with van der Waals surface area (Å²) >= 11 is 6.10. The standard InChI is InChI=1S/C14H13ClF2N4O2S/c1-8-2-3-11(14-13(8)10(15)5-18-14)20-24(22,23)9-4-19-21(6-9)7-12(16)17/h2-6,12,18,20H,7H2,1H3. The SMILES string of the molecule is Cc1ccc(NS(=O)(=O)c2cnn(CC(F)F)c2)c2[nH]cc(Cl)c12. The van der Waals surface area contributed by atoms with Crippen LogP contribution in [0.2, 0.25) is 5.02 Å². The number of fused-ring (bicyclic) bond motifs is 1. The molecule has 3 rings (SSSR count). The number of anilines is 1. The smallest absolute Gasteiger partial charge is 0.265 e. The van der Waals surface area contributed by atoms with Crippen molar-refractivity contribution in [2.45, 2.75) is 24.8 Å². The van der Waals surface area contributed by atoms with Crippen molar-refractivity contribution in [3.63, 3.8) is 0 Å². The highest BCUT2D eigenvalue weighted by Crippen LogP contribution is 2.32. The maximum atomic E-state index is 12.4. The minimum absolute atomic E-state index is 0.200. The van der Waals surface area contributed by atoms with Gasteiger partial charge in [0.05, 0.1) is 22.4 Å². The van der Waals surface area contributed by atoms with Crippen LogP contribution in [0.5, 0.6) is 0 Å². The molecule has 0 atom stereocenters. The van der Waals surface area contributed by atoms with Gasteiger partial charge in [0, 0.05) is 17.8 Å². The zero-order chi connectivity index (χ0) is 17.5. The van der Waals surface area contributed by atoms with Crippen molar-refractivity contribution >= 4 is 38.2 Å². The van der Waals surface area contributed by atoms with Gasteiger partial charge in [0.1, 0.15) is 11.4 Å². The quantitative estimate of drug-likeness (QED) is 0.718. The van der Waals surface area contributed by atoms with Crippen LogP contribution in [-0.2, 0) is 16.6 Å². The van der Waals surface area contributed by atoms with Gasteiger partial charge < -0.3 is 4.98 Å². The molecule has 10 heteroatoms. The van der Waals surface area contributed by atoms with E-state index in [0.29, 0.717) is 21.6 Å². The number of aromatic nitrogens is 3. The van der Waals surface area contributed by atoms with Gasteiger partial charge >= 0.3 is 0 Å². The first-order chi connectivity index (χ1) is 11.3. The Balaban J connectivity index is 1.95. The lowest BCUT2D eigenvalue weighted by atomic mass is 10.1. The number of sulfonamides is 1. The van der Waals surface area contributed by atoms with Crippen LogP contribution < -0.4 is 4.72 Å². The van der Waals surface area contributed by atoms with Gasteiger partial charge in [-0.3, -0.25) is 9.40 Å². The Morgan fingerprint density at radius 2 is 2.17 bits per heavy atom. The maximum absolute atomic E-state index is 12.4. The van der Waals surface area contributed by atoms with Gasteiger partial charge in [-0.1, -0.05) is 17.7 Å². The van der Waals surface area contributed by atoms with Crippen molar-refractivity contribution in [3.8, 4) is 0 Å². The molecule has 128 valence electrons. The number of benzene rings is 1. The average Bonchev–Trinajstić information content (AvgIpc) is 3.09. The normalized spacial score (nSPS) is 12.2. The lowest BCUT2D eigenvalue weighted by molar-refractivity contribution is 0.121. The lowest BCUT2D eigenvalue weighted by Gasteiger charge is -2.09. The molecule has 0 spiro atoms. The third-order valence-electron chi connectivity index (χ3n) is 3.48. The number of rotatable bonds is 5. The number of alkyl halides is 2. The van der Waals surface area contributed by atoms with E-state index in [2.05, 4.69) is 14.8 Å². The largest absolute Gasteiger partial charge is 0.358 e. The molecule has 0 bridgehead atoms. The Morgan fingerprint density at radius 3 is 2.88 bits per heavy atom. The molecule has 2 aromatic heterocycles. The van der Waals surface area contributed by atoms with Gasteiger partial charge in [0.25, 0.3) is 16.4 Å². The third-order valence-corrected chi connectivity index (χ3v) is 5.10. The molecule has 0 unspecified atom stereocenters. The van der Waals surface area contributed by atoms with Crippen molar-refractivity contribution in [2.75, 3.05) is 4.72 Å². The number of halogens is 3. The fraction of sp³-hybridized carbons (Fsp3) is 0.214. The number of aromatic amines is 1. The zero-order valence-electron chi connectivity index (χ0n) is 12.4. The maximum Gasteiger partial charge on any atom is 0.265 e. The number of nitrogens with one attached hydrogen (secondary N) is 2. The van der Waals surface area contributed by atoms with Crippen LogP contribution in [-0.4, -0.2) is 29.6 Å². The summed E-state index contributed by atoms with van der Waals surface area (Å²) in [6, 6.07) is 3.34. The van der Waals surface area contributed by atoms with E-state index in [-0.39, 0.29) is 4.90 Å². The van der Waals surface area contributed by atoms with E-state index in [0.717, 1.165) is 22.6 Å². The molecule has 0 aliphatic rings. The van der Waals surface area contributed by atoms with Crippen LogP contribution in [0.4, 0.5) is 14.5 Å². The second kappa shape index (κ2) is 6.06. The van der Waals surface area contributed by atoms with Gasteiger partial charge in [-0.05, 0) is 18.6 Å². The number of hydrogen-bond donors (Lipinski definition) is 2. The minimum Gasteiger partial charge on any atom is -0.358 e. The molecule has 2 N–H and O–H groups in total. The Morgan fingerprint density at radius 1 is 1.42 bits per heavy atom. The van der Waals surface area contributed by atoms with E-state index in [4.69, 9.17) is 11.6 Å². The van der Waals surface area contributed by atoms with Gasteiger partial charge in [0.2, 0.25) is 0 Å². The molecule has 0 saturated carbocycles. The summed E-state index contributed by atoms with van der Waals surface area (Å²) in [5.74, 6) is 0. The molecule has 0 radical (unpaired) electrons. The van der Waals surface area contributed by atoms with E-state index >= 15 is 0 Å². The van der Waals surface area contributed by atoms with E-state index in [1.54, 1.807) is 18.3 Å². The van der Waals surface area contributed by atoms with Crippen molar-refractivity contribution in [2.24, 2.45) is 0 Å². The van der Waals surface area contributed by atoms with E-state index in [1.807, 2.05) is 6.92 Å². The molecule has 0 fully saturated rings. The monoisotopic (exact) mass is 374 g/mol. The highest BCUT2D eigenvalue weighted by molar-refractivity contribution is 7.92. The number of aryl methyl sites for hydroxylation is 1. The zero-order valence-corrected chi connectivity index (χ0v) is 14.0. The molecule has 3 aromatic rings. The van der Waals surface area contributed by atoms with Crippen molar-refractivity contribution in [1.82, 2.24) is 14.8 Å². The Labute approximate surface area is 141 Å². The van der Waals surface area contributed by atoms with Crippen LogP contribution in [0.25, 0.3) is 10.9 Å². The van der Waals surface area contributed by atoms with E-state index in [1.165, 1.54) is 0 Å². The Bertz CT molecular complexity index is 998. The first-order valence-corrected chi connectivity index (χ1v) is 8.73. The first-order valence-electron chi connectivity index (χ1n) is 6.87. The van der Waals surface area contributed by atoms with Crippen molar-refractivity contribution in [1.29, 1.82) is 0 Å². The molecule has 0 aliphatic carbocycles. The van der Waals surface area contributed by atoms with Gasteiger partial charge in [0.15, 0.2) is 0 Å². The molecule has 1 aromatic carbocycles. The topological polar surface area (TPSA) is 79.8 Å². The highest BCUT2D eigenvalue weighted by Gasteiger charge is 2.20. The summed E-state index contributed by atoms with van der Waals surface area (Å²) in [5.41, 5.74) is 1.75. The summed E-state index contributed by atoms with van der Waals surface area (Å²) in [4.78, 5) is 2.72. The Kier molecular flexibility index (Phi) is 4.22. The molecular weight excluding hydrogens is 362 g/mol. The fourth-order valence-corrected chi connectivity index (χ4v) is 3.71. The van der Waals surface area contributed by atoms with Crippen LogP contribution in [0.1, 0.15) is 5.56 Å². The summed E-state index contributed by atoms with van der Waals surface area (Å²) in [6.45, 7) is 1.19. The summed E-state index contributed by atoms with van der Waals surface area (Å²) < 4.78 is 52.9.